The second-order valence-electron chi connectivity index (χ2n) is 7.94. The van der Waals surface area contributed by atoms with Gasteiger partial charge in [-0.25, -0.2) is 0 Å². The summed E-state index contributed by atoms with van der Waals surface area (Å²) in [7, 11) is 0. The van der Waals surface area contributed by atoms with E-state index in [0.717, 1.165) is 30.0 Å². The topological polar surface area (TPSA) is 31.4 Å². The standard InChI is InChI=1S/C23H31NO2/c1-7-17-12-20-21(13-19(17)15(4)5)26-22(25-20)11-16(6)23-18(14(2)3)9-8-10-24-23/h8-10,12-16,22H,7,11H2,1-6H3. The maximum atomic E-state index is 6.14. The molecule has 1 aliphatic rings. The Morgan fingerprint density at radius 1 is 0.962 bits per heavy atom. The van der Waals surface area contributed by atoms with Crippen LogP contribution in [0.15, 0.2) is 30.5 Å². The largest absolute Gasteiger partial charge is 0.451 e. The lowest BCUT2D eigenvalue weighted by Gasteiger charge is -2.19. The van der Waals surface area contributed by atoms with Crippen molar-refractivity contribution in [1.29, 1.82) is 0 Å². The fourth-order valence-corrected chi connectivity index (χ4v) is 3.78. The van der Waals surface area contributed by atoms with Crippen LogP contribution in [0.4, 0.5) is 0 Å². The fourth-order valence-electron chi connectivity index (χ4n) is 3.78. The van der Waals surface area contributed by atoms with E-state index in [0.29, 0.717) is 11.8 Å². The summed E-state index contributed by atoms with van der Waals surface area (Å²) in [6.07, 6.45) is 3.45. The first-order valence-electron chi connectivity index (χ1n) is 9.85. The Morgan fingerprint density at radius 3 is 2.23 bits per heavy atom. The smallest absolute Gasteiger partial charge is 0.242 e. The minimum Gasteiger partial charge on any atom is -0.451 e. The van der Waals surface area contributed by atoms with Gasteiger partial charge in [-0.1, -0.05) is 47.6 Å². The number of aryl methyl sites for hydroxylation is 1. The molecule has 0 aliphatic carbocycles. The predicted octanol–water partition coefficient (Wildman–Crippen LogP) is 6.18. The van der Waals surface area contributed by atoms with Crippen LogP contribution >= 0.6 is 0 Å². The summed E-state index contributed by atoms with van der Waals surface area (Å²) < 4.78 is 12.3. The van der Waals surface area contributed by atoms with E-state index in [4.69, 9.17) is 9.47 Å². The minimum absolute atomic E-state index is 0.242. The summed E-state index contributed by atoms with van der Waals surface area (Å²) in [5.41, 5.74) is 5.17. The molecule has 2 aromatic rings. The number of aromatic nitrogens is 1. The van der Waals surface area contributed by atoms with Gasteiger partial charge in [0.05, 0.1) is 0 Å². The molecule has 3 heteroatoms. The second kappa shape index (κ2) is 7.69. The average Bonchev–Trinajstić information content (AvgIpc) is 3.01. The van der Waals surface area contributed by atoms with Crippen molar-refractivity contribution in [2.24, 2.45) is 0 Å². The second-order valence-corrected chi connectivity index (χ2v) is 7.94. The Balaban J connectivity index is 1.77. The number of rotatable bonds is 6. The molecule has 140 valence electrons. The Kier molecular flexibility index (Phi) is 5.55. The van der Waals surface area contributed by atoms with Gasteiger partial charge in [-0.2, -0.15) is 0 Å². The number of pyridine rings is 1. The van der Waals surface area contributed by atoms with Crippen molar-refractivity contribution < 1.29 is 9.47 Å². The normalized spacial score (nSPS) is 17.2. The number of fused-ring (bicyclic) bond motifs is 1. The van der Waals surface area contributed by atoms with Crippen molar-refractivity contribution in [2.45, 2.75) is 78.4 Å². The molecule has 1 aromatic heterocycles. The van der Waals surface area contributed by atoms with Crippen molar-refractivity contribution >= 4 is 0 Å². The van der Waals surface area contributed by atoms with Crippen LogP contribution in [0.1, 0.15) is 88.1 Å². The third kappa shape index (κ3) is 3.72. The van der Waals surface area contributed by atoms with Gasteiger partial charge in [-0.05, 0) is 53.1 Å². The number of nitrogens with zero attached hydrogens (tertiary/aromatic N) is 1. The SMILES string of the molecule is CCc1cc2c(cc1C(C)C)OC(CC(C)c1ncccc1C(C)C)O2. The molecule has 3 rings (SSSR count). The molecular formula is C23H31NO2. The zero-order valence-electron chi connectivity index (χ0n) is 16.9. The molecule has 0 saturated carbocycles. The fraction of sp³-hybridized carbons (Fsp3) is 0.522. The molecule has 0 saturated heterocycles. The van der Waals surface area contributed by atoms with Gasteiger partial charge < -0.3 is 9.47 Å². The van der Waals surface area contributed by atoms with Crippen LogP contribution in [0.25, 0.3) is 0 Å². The van der Waals surface area contributed by atoms with E-state index in [-0.39, 0.29) is 12.2 Å². The first-order chi connectivity index (χ1) is 12.4. The van der Waals surface area contributed by atoms with Crippen LogP contribution in [-0.2, 0) is 6.42 Å². The number of hydrogen-bond acceptors (Lipinski definition) is 3. The molecule has 0 N–H and O–H groups in total. The maximum Gasteiger partial charge on any atom is 0.242 e. The molecule has 2 heterocycles. The quantitative estimate of drug-likeness (QED) is 0.621. The van der Waals surface area contributed by atoms with E-state index in [1.165, 1.54) is 16.7 Å². The third-order valence-electron chi connectivity index (χ3n) is 5.23. The summed E-state index contributed by atoms with van der Waals surface area (Å²) in [4.78, 5) is 4.64. The molecule has 1 aliphatic heterocycles. The van der Waals surface area contributed by atoms with Crippen LogP contribution in [0, 0.1) is 0 Å². The van der Waals surface area contributed by atoms with Gasteiger partial charge in [0.15, 0.2) is 11.5 Å². The summed E-state index contributed by atoms with van der Waals surface area (Å²) in [6.45, 7) is 13.3. The van der Waals surface area contributed by atoms with Crippen LogP contribution in [-0.4, -0.2) is 11.3 Å². The number of ether oxygens (including phenoxy) is 2. The Bertz CT molecular complexity index is 767. The Labute approximate surface area is 157 Å². The van der Waals surface area contributed by atoms with Gasteiger partial charge in [0.25, 0.3) is 0 Å². The van der Waals surface area contributed by atoms with E-state index < -0.39 is 0 Å². The predicted molar refractivity (Wildman–Crippen MR) is 106 cm³/mol. The summed E-state index contributed by atoms with van der Waals surface area (Å²) in [5, 5.41) is 0. The van der Waals surface area contributed by atoms with Crippen molar-refractivity contribution in [2.75, 3.05) is 0 Å². The van der Waals surface area contributed by atoms with Gasteiger partial charge in [0, 0.05) is 24.2 Å². The van der Waals surface area contributed by atoms with Crippen LogP contribution in [0.5, 0.6) is 11.5 Å². The molecular weight excluding hydrogens is 322 g/mol. The molecule has 0 radical (unpaired) electrons. The average molecular weight is 354 g/mol. The van der Waals surface area contributed by atoms with Crippen molar-refractivity contribution in [3.05, 3.63) is 52.8 Å². The van der Waals surface area contributed by atoms with E-state index in [1.807, 2.05) is 12.3 Å². The summed E-state index contributed by atoms with van der Waals surface area (Å²) in [6, 6.07) is 8.53. The van der Waals surface area contributed by atoms with Gasteiger partial charge in [0.2, 0.25) is 6.29 Å². The van der Waals surface area contributed by atoms with Gasteiger partial charge in [0.1, 0.15) is 0 Å². The number of benzene rings is 1. The molecule has 0 fully saturated rings. The Hall–Kier alpha value is -2.03. The molecule has 0 bridgehead atoms. The van der Waals surface area contributed by atoms with Gasteiger partial charge in [-0.15, -0.1) is 0 Å². The highest BCUT2D eigenvalue weighted by molar-refractivity contribution is 5.50. The van der Waals surface area contributed by atoms with E-state index >= 15 is 0 Å². The van der Waals surface area contributed by atoms with Crippen molar-refractivity contribution in [3.63, 3.8) is 0 Å². The number of hydrogen-bond donors (Lipinski definition) is 0. The lowest BCUT2D eigenvalue weighted by molar-refractivity contribution is 0.0363. The monoisotopic (exact) mass is 353 g/mol. The van der Waals surface area contributed by atoms with Crippen LogP contribution in [0.2, 0.25) is 0 Å². The molecule has 1 aromatic carbocycles. The molecule has 0 amide bonds. The first kappa shape index (κ1) is 18.8. The highest BCUT2D eigenvalue weighted by atomic mass is 16.7. The van der Waals surface area contributed by atoms with Gasteiger partial charge >= 0.3 is 0 Å². The molecule has 2 atom stereocenters. The molecule has 26 heavy (non-hydrogen) atoms. The summed E-state index contributed by atoms with van der Waals surface area (Å²) >= 11 is 0. The third-order valence-corrected chi connectivity index (χ3v) is 5.23. The molecule has 3 nitrogen and oxygen atoms in total. The van der Waals surface area contributed by atoms with Crippen LogP contribution < -0.4 is 9.47 Å². The lowest BCUT2D eigenvalue weighted by Crippen LogP contribution is -2.21. The van der Waals surface area contributed by atoms with Crippen LogP contribution in [0.3, 0.4) is 0 Å². The zero-order chi connectivity index (χ0) is 18.8. The Morgan fingerprint density at radius 2 is 1.62 bits per heavy atom. The van der Waals surface area contributed by atoms with E-state index in [9.17, 15) is 0 Å². The van der Waals surface area contributed by atoms with Gasteiger partial charge in [-0.3, -0.25) is 4.98 Å². The summed E-state index contributed by atoms with van der Waals surface area (Å²) in [5.74, 6) is 2.99. The first-order valence-corrected chi connectivity index (χ1v) is 9.85. The van der Waals surface area contributed by atoms with Crippen molar-refractivity contribution in [1.82, 2.24) is 4.98 Å². The highest BCUT2D eigenvalue weighted by Gasteiger charge is 2.29. The van der Waals surface area contributed by atoms with E-state index in [1.54, 1.807) is 0 Å². The maximum absolute atomic E-state index is 6.14. The minimum atomic E-state index is -0.242. The van der Waals surface area contributed by atoms with Crippen molar-refractivity contribution in [3.8, 4) is 11.5 Å². The zero-order valence-corrected chi connectivity index (χ0v) is 16.9. The van der Waals surface area contributed by atoms with E-state index in [2.05, 4.69) is 64.7 Å². The molecule has 0 spiro atoms. The lowest BCUT2D eigenvalue weighted by atomic mass is 9.92. The molecule has 2 unspecified atom stereocenters. The highest BCUT2D eigenvalue weighted by Crippen LogP contribution is 2.41.